The number of rotatable bonds is 4. The maximum atomic E-state index is 13.3. The minimum absolute atomic E-state index is 0.213. The van der Waals surface area contributed by atoms with Crippen LogP contribution in [0.3, 0.4) is 0 Å². The molecule has 0 radical (unpaired) electrons. The van der Waals surface area contributed by atoms with E-state index in [1.807, 2.05) is 31.2 Å². The van der Waals surface area contributed by atoms with Crippen molar-refractivity contribution in [3.63, 3.8) is 0 Å². The van der Waals surface area contributed by atoms with Crippen molar-refractivity contribution < 1.29 is 12.9 Å². The van der Waals surface area contributed by atoms with Crippen LogP contribution in [0.4, 0.5) is 0 Å². The highest BCUT2D eigenvalue weighted by atomic mass is 32.2. The van der Waals surface area contributed by atoms with E-state index in [0.29, 0.717) is 24.5 Å². The van der Waals surface area contributed by atoms with Gasteiger partial charge in [-0.3, -0.25) is 0 Å². The Labute approximate surface area is 165 Å². The predicted octanol–water partition coefficient (Wildman–Crippen LogP) is 4.28. The summed E-state index contributed by atoms with van der Waals surface area (Å²) in [6, 6.07) is 14.6. The fraction of sp³-hybridized carbons (Fsp3) is 0.333. The second-order valence-corrected chi connectivity index (χ2v) is 9.01. The van der Waals surface area contributed by atoms with Crippen LogP contribution in [-0.4, -0.2) is 36.0 Å². The molecule has 28 heavy (non-hydrogen) atoms. The zero-order valence-corrected chi connectivity index (χ0v) is 16.7. The van der Waals surface area contributed by atoms with Gasteiger partial charge in [-0.15, -0.1) is 0 Å². The van der Waals surface area contributed by atoms with Crippen LogP contribution in [0.2, 0.25) is 0 Å². The number of sulfonamides is 1. The lowest BCUT2D eigenvalue weighted by molar-refractivity contribution is 0.420. The van der Waals surface area contributed by atoms with Crippen LogP contribution in [0.1, 0.15) is 31.2 Å². The van der Waals surface area contributed by atoms with Gasteiger partial charge in [-0.05, 0) is 31.9 Å². The number of nitrogens with zero attached hydrogens (tertiary/aromatic N) is 3. The van der Waals surface area contributed by atoms with E-state index >= 15 is 0 Å². The highest BCUT2D eigenvalue weighted by Gasteiger charge is 2.29. The molecule has 0 bridgehead atoms. The van der Waals surface area contributed by atoms with Gasteiger partial charge in [0.1, 0.15) is 0 Å². The lowest BCUT2D eigenvalue weighted by Crippen LogP contribution is -2.32. The van der Waals surface area contributed by atoms with Gasteiger partial charge < -0.3 is 4.52 Å². The molecular weight excluding hydrogens is 374 g/mol. The van der Waals surface area contributed by atoms with Crippen molar-refractivity contribution in [2.24, 2.45) is 0 Å². The zero-order chi connectivity index (χ0) is 19.6. The maximum absolute atomic E-state index is 13.3. The average molecular weight is 398 g/mol. The molecule has 0 aliphatic carbocycles. The summed E-state index contributed by atoms with van der Waals surface area (Å²) in [5.74, 6) is 0.654. The van der Waals surface area contributed by atoms with E-state index in [2.05, 4.69) is 10.1 Å². The normalized spacial score (nSPS) is 16.0. The number of hydrogen-bond donors (Lipinski definition) is 0. The number of aromatic nitrogens is 2. The largest absolute Gasteiger partial charge is 0.334 e. The summed E-state index contributed by atoms with van der Waals surface area (Å²) in [5, 5.41) is 4.05. The Morgan fingerprint density at radius 1 is 0.929 bits per heavy atom. The zero-order valence-electron chi connectivity index (χ0n) is 15.8. The molecule has 0 saturated carbocycles. The monoisotopic (exact) mass is 397 g/mol. The first-order valence-electron chi connectivity index (χ1n) is 9.56. The van der Waals surface area contributed by atoms with Crippen molar-refractivity contribution >= 4 is 10.0 Å². The Balaban J connectivity index is 1.71. The third-order valence-electron chi connectivity index (χ3n) is 5.04. The second-order valence-electron chi connectivity index (χ2n) is 7.10. The van der Waals surface area contributed by atoms with Crippen molar-refractivity contribution in [1.29, 1.82) is 0 Å². The summed E-state index contributed by atoms with van der Waals surface area (Å²) < 4.78 is 33.6. The van der Waals surface area contributed by atoms with Crippen LogP contribution in [0.15, 0.2) is 57.9 Å². The van der Waals surface area contributed by atoms with Crippen LogP contribution in [-0.2, 0) is 10.0 Å². The number of aryl methyl sites for hydroxylation is 1. The highest BCUT2D eigenvalue weighted by molar-refractivity contribution is 7.89. The second kappa shape index (κ2) is 7.85. The molecule has 1 fully saturated rings. The standard InChI is InChI=1S/C21H23N3O3S/c1-16-10-12-17(13-11-16)20-22-21(27-23-20)18-8-4-5-9-19(18)28(25,26)24-14-6-2-3-7-15-24/h4-5,8-13H,2-3,6-7,14-15H2,1H3. The first kappa shape index (κ1) is 18.8. The van der Waals surface area contributed by atoms with E-state index in [1.165, 1.54) is 0 Å². The lowest BCUT2D eigenvalue weighted by Gasteiger charge is -2.20. The molecule has 6 nitrogen and oxygen atoms in total. The summed E-state index contributed by atoms with van der Waals surface area (Å²) >= 11 is 0. The maximum Gasteiger partial charge on any atom is 0.259 e. The first-order valence-corrected chi connectivity index (χ1v) is 11.0. The number of benzene rings is 2. The van der Waals surface area contributed by atoms with Crippen molar-refractivity contribution in [3.8, 4) is 22.8 Å². The molecule has 0 spiro atoms. The Morgan fingerprint density at radius 2 is 1.61 bits per heavy atom. The molecule has 3 aromatic rings. The molecule has 1 aliphatic heterocycles. The molecule has 0 N–H and O–H groups in total. The lowest BCUT2D eigenvalue weighted by atomic mass is 10.1. The quantitative estimate of drug-likeness (QED) is 0.657. The molecule has 2 aromatic carbocycles. The van der Waals surface area contributed by atoms with E-state index in [-0.39, 0.29) is 10.8 Å². The van der Waals surface area contributed by atoms with Crippen LogP contribution in [0.5, 0.6) is 0 Å². The summed E-state index contributed by atoms with van der Waals surface area (Å²) in [6.07, 6.45) is 3.91. The molecule has 0 unspecified atom stereocenters. The minimum Gasteiger partial charge on any atom is -0.334 e. The van der Waals surface area contributed by atoms with Gasteiger partial charge in [-0.25, -0.2) is 8.42 Å². The molecule has 1 aromatic heterocycles. The summed E-state index contributed by atoms with van der Waals surface area (Å²) in [4.78, 5) is 4.68. The Hall–Kier alpha value is -2.51. The minimum atomic E-state index is -3.62. The van der Waals surface area contributed by atoms with E-state index < -0.39 is 10.0 Å². The van der Waals surface area contributed by atoms with Gasteiger partial charge in [-0.2, -0.15) is 9.29 Å². The average Bonchev–Trinajstić information content (AvgIpc) is 3.02. The summed E-state index contributed by atoms with van der Waals surface area (Å²) in [6.45, 7) is 3.11. The molecule has 146 valence electrons. The molecule has 1 aliphatic rings. The van der Waals surface area contributed by atoms with Crippen molar-refractivity contribution in [1.82, 2.24) is 14.4 Å². The molecule has 4 rings (SSSR count). The Bertz CT molecular complexity index is 1050. The van der Waals surface area contributed by atoms with Crippen molar-refractivity contribution in [3.05, 3.63) is 54.1 Å². The molecule has 2 heterocycles. The fourth-order valence-electron chi connectivity index (χ4n) is 3.44. The molecule has 0 atom stereocenters. The highest BCUT2D eigenvalue weighted by Crippen LogP contribution is 2.31. The molecular formula is C21H23N3O3S. The van der Waals surface area contributed by atoms with Gasteiger partial charge in [0.2, 0.25) is 15.8 Å². The van der Waals surface area contributed by atoms with Crippen LogP contribution < -0.4 is 0 Å². The van der Waals surface area contributed by atoms with Crippen LogP contribution in [0.25, 0.3) is 22.8 Å². The van der Waals surface area contributed by atoms with E-state index in [4.69, 9.17) is 4.52 Å². The van der Waals surface area contributed by atoms with Crippen molar-refractivity contribution in [2.45, 2.75) is 37.5 Å². The summed E-state index contributed by atoms with van der Waals surface area (Å²) in [5.41, 5.74) is 2.41. The topological polar surface area (TPSA) is 76.3 Å². The number of hydrogen-bond acceptors (Lipinski definition) is 5. The van der Waals surface area contributed by atoms with Crippen molar-refractivity contribution in [2.75, 3.05) is 13.1 Å². The molecule has 1 saturated heterocycles. The van der Waals surface area contributed by atoms with Crippen LogP contribution in [0, 0.1) is 6.92 Å². The van der Waals surface area contributed by atoms with Gasteiger partial charge >= 0.3 is 0 Å². The van der Waals surface area contributed by atoms with Gasteiger partial charge in [0.15, 0.2) is 0 Å². The first-order chi connectivity index (χ1) is 13.6. The van der Waals surface area contributed by atoms with Crippen LogP contribution >= 0.6 is 0 Å². The van der Waals surface area contributed by atoms with Gasteiger partial charge in [0.25, 0.3) is 5.89 Å². The van der Waals surface area contributed by atoms with Gasteiger partial charge in [0, 0.05) is 18.7 Å². The third-order valence-corrected chi connectivity index (χ3v) is 6.99. The fourth-order valence-corrected chi connectivity index (χ4v) is 5.14. The Morgan fingerprint density at radius 3 is 2.32 bits per heavy atom. The molecule has 0 amide bonds. The van der Waals surface area contributed by atoms with E-state index in [1.54, 1.807) is 28.6 Å². The summed E-state index contributed by atoms with van der Waals surface area (Å²) in [7, 11) is -3.62. The predicted molar refractivity (Wildman–Crippen MR) is 107 cm³/mol. The van der Waals surface area contributed by atoms with E-state index in [9.17, 15) is 8.42 Å². The third kappa shape index (κ3) is 3.72. The van der Waals surface area contributed by atoms with E-state index in [0.717, 1.165) is 36.8 Å². The molecule has 7 heteroatoms. The van der Waals surface area contributed by atoms with Gasteiger partial charge in [0.05, 0.1) is 10.5 Å². The van der Waals surface area contributed by atoms with Gasteiger partial charge in [-0.1, -0.05) is 60.0 Å². The smallest absolute Gasteiger partial charge is 0.259 e. The Kier molecular flexibility index (Phi) is 5.28. The SMILES string of the molecule is Cc1ccc(-c2noc(-c3ccccc3S(=O)(=O)N3CCCCCC3)n2)cc1.